The minimum absolute atomic E-state index is 0.204. The van der Waals surface area contributed by atoms with Gasteiger partial charge in [0.15, 0.2) is 0 Å². The molecule has 1 heterocycles. The van der Waals surface area contributed by atoms with Crippen molar-refractivity contribution in [3.8, 4) is 0 Å². The lowest BCUT2D eigenvalue weighted by atomic mass is 9.75. The lowest BCUT2D eigenvalue weighted by Crippen LogP contribution is -2.50. The van der Waals surface area contributed by atoms with Gasteiger partial charge in [-0.15, -0.1) is 6.58 Å². The van der Waals surface area contributed by atoms with E-state index in [1.165, 1.54) is 10.8 Å². The van der Waals surface area contributed by atoms with E-state index >= 15 is 0 Å². The summed E-state index contributed by atoms with van der Waals surface area (Å²) < 4.78 is 12.7. The van der Waals surface area contributed by atoms with Gasteiger partial charge in [-0.05, 0) is 38.7 Å². The van der Waals surface area contributed by atoms with Crippen LogP contribution in [-0.2, 0) is 9.31 Å². The van der Waals surface area contributed by atoms with Gasteiger partial charge in [0, 0.05) is 5.54 Å². The number of hydrogen-bond donors (Lipinski definition) is 0. The molecule has 0 bridgehead atoms. The summed E-state index contributed by atoms with van der Waals surface area (Å²) in [5.74, 6) is 0. The number of benzene rings is 2. The molecule has 1 saturated heterocycles. The summed E-state index contributed by atoms with van der Waals surface area (Å²) in [7, 11) is -2.33. The van der Waals surface area contributed by atoms with E-state index in [1.54, 1.807) is 0 Å². The molecule has 1 aliphatic heterocycles. The van der Waals surface area contributed by atoms with Crippen molar-refractivity contribution in [1.82, 2.24) is 0 Å². The lowest BCUT2D eigenvalue weighted by Gasteiger charge is -2.36. The van der Waals surface area contributed by atoms with Gasteiger partial charge in [-0.2, -0.15) is 0 Å². The third kappa shape index (κ3) is 3.71. The van der Waals surface area contributed by atoms with Crippen molar-refractivity contribution in [2.75, 3.05) is 0 Å². The monoisotopic (exact) mass is 378 g/mol. The molecule has 1 atom stereocenters. The summed E-state index contributed by atoms with van der Waals surface area (Å²) in [6.07, 6.45) is 0. The van der Waals surface area contributed by atoms with E-state index in [4.69, 9.17) is 9.31 Å². The first-order valence-electron chi connectivity index (χ1n) is 9.71. The molecule has 1 unspecified atom stereocenters. The van der Waals surface area contributed by atoms with Gasteiger partial charge >= 0.3 is 7.12 Å². The highest BCUT2D eigenvalue weighted by Gasteiger charge is 2.54. The van der Waals surface area contributed by atoms with Crippen LogP contribution in [0.5, 0.6) is 0 Å². The van der Waals surface area contributed by atoms with Gasteiger partial charge in [-0.3, -0.25) is 0 Å². The Morgan fingerprint density at radius 1 is 0.852 bits per heavy atom. The maximum atomic E-state index is 6.36. The lowest BCUT2D eigenvalue weighted by molar-refractivity contribution is 0.00578. The summed E-state index contributed by atoms with van der Waals surface area (Å²) >= 11 is 0. The highest BCUT2D eigenvalue weighted by Crippen LogP contribution is 2.43. The van der Waals surface area contributed by atoms with Gasteiger partial charge in [-0.25, -0.2) is 0 Å². The molecule has 1 fully saturated rings. The van der Waals surface area contributed by atoms with E-state index in [0.29, 0.717) is 0 Å². The molecule has 142 valence electrons. The Hall–Kier alpha value is -1.62. The molecule has 0 spiro atoms. The fourth-order valence-electron chi connectivity index (χ4n) is 3.90. The maximum absolute atomic E-state index is 6.36. The van der Waals surface area contributed by atoms with Gasteiger partial charge in [0.2, 0.25) is 0 Å². The smallest absolute Gasteiger partial charge is 0.400 e. The van der Waals surface area contributed by atoms with Crippen LogP contribution >= 0.6 is 0 Å². The Labute approximate surface area is 165 Å². The normalized spacial score (nSPS) is 19.7. The fraction of sp³-hybridized carbons (Fsp3) is 0.391. The van der Waals surface area contributed by atoms with Crippen molar-refractivity contribution in [2.24, 2.45) is 0 Å². The molecule has 4 heteroatoms. The van der Waals surface area contributed by atoms with Crippen molar-refractivity contribution >= 4 is 20.4 Å². The van der Waals surface area contributed by atoms with E-state index < -0.39 is 15.2 Å². The average molecular weight is 378 g/mol. The van der Waals surface area contributed by atoms with Gasteiger partial charge in [-0.1, -0.05) is 78.9 Å². The molecule has 0 saturated carbocycles. The Bertz CT molecular complexity index is 784. The van der Waals surface area contributed by atoms with Gasteiger partial charge in [0.05, 0.1) is 19.3 Å². The van der Waals surface area contributed by atoms with E-state index in [-0.39, 0.29) is 16.7 Å². The number of rotatable bonds is 5. The molecular weight excluding hydrogens is 347 g/mol. The molecule has 2 aromatic carbocycles. The van der Waals surface area contributed by atoms with Crippen LogP contribution in [0.25, 0.3) is 0 Å². The Morgan fingerprint density at radius 3 is 1.78 bits per heavy atom. The maximum Gasteiger partial charge on any atom is 0.490 e. The molecule has 0 aromatic heterocycles. The second-order valence-corrected chi connectivity index (χ2v) is 13.7. The predicted octanol–water partition coefficient (Wildman–Crippen LogP) is 5.11. The predicted molar refractivity (Wildman–Crippen MR) is 118 cm³/mol. The number of hydrogen-bond acceptors (Lipinski definition) is 2. The van der Waals surface area contributed by atoms with Crippen LogP contribution in [-0.4, -0.2) is 26.4 Å². The van der Waals surface area contributed by atoms with Gasteiger partial charge < -0.3 is 9.31 Å². The van der Waals surface area contributed by atoms with Crippen LogP contribution < -0.4 is 5.19 Å². The molecule has 0 N–H and O–H groups in total. The summed E-state index contributed by atoms with van der Waals surface area (Å²) in [4.78, 5) is 0. The summed E-state index contributed by atoms with van der Waals surface area (Å²) in [5.41, 5.74) is 1.80. The highest BCUT2D eigenvalue weighted by atomic mass is 28.3. The molecule has 0 aliphatic carbocycles. The van der Waals surface area contributed by atoms with Crippen molar-refractivity contribution in [3.63, 3.8) is 0 Å². The molecule has 0 radical (unpaired) electrons. The van der Waals surface area contributed by atoms with Crippen molar-refractivity contribution in [3.05, 3.63) is 78.3 Å². The van der Waals surface area contributed by atoms with E-state index in [1.807, 2.05) is 0 Å². The standard InChI is InChI=1S/C23H31BO2Si/c1-18(24-25-22(2,3)23(4,5)26-24)21(19-14-10-8-11-15-19)27(6,7)20-16-12-9-13-17-20/h8-17,21H,1H2,2-7H3. The zero-order valence-corrected chi connectivity index (χ0v) is 18.5. The van der Waals surface area contributed by atoms with Crippen molar-refractivity contribution < 1.29 is 9.31 Å². The van der Waals surface area contributed by atoms with Gasteiger partial charge in [0.25, 0.3) is 0 Å². The fourth-order valence-corrected chi connectivity index (χ4v) is 7.38. The molecule has 0 amide bonds. The highest BCUT2D eigenvalue weighted by molar-refractivity contribution is 6.92. The van der Waals surface area contributed by atoms with Crippen molar-refractivity contribution in [2.45, 2.75) is 57.5 Å². The van der Waals surface area contributed by atoms with Crippen molar-refractivity contribution in [1.29, 1.82) is 0 Å². The molecule has 1 aliphatic rings. The second kappa shape index (κ2) is 7.08. The number of allylic oxidation sites excluding steroid dienone is 1. The topological polar surface area (TPSA) is 18.5 Å². The molecule has 2 nitrogen and oxygen atoms in total. The SMILES string of the molecule is C=C(B1OC(C)(C)C(C)(C)O1)C(c1ccccc1)[Si](C)(C)c1ccccc1. The Balaban J connectivity index is 2.03. The first-order chi connectivity index (χ1) is 12.6. The van der Waals surface area contributed by atoms with E-state index in [0.717, 1.165) is 5.47 Å². The third-order valence-electron chi connectivity index (χ3n) is 6.30. The minimum Gasteiger partial charge on any atom is -0.400 e. The quantitative estimate of drug-likeness (QED) is 0.673. The minimum atomic E-state index is -1.93. The molecular formula is C23H31BO2Si. The average Bonchev–Trinajstić information content (AvgIpc) is 2.84. The van der Waals surface area contributed by atoms with Gasteiger partial charge in [0.1, 0.15) is 0 Å². The zero-order chi connectivity index (χ0) is 19.9. The third-order valence-corrected chi connectivity index (χ3v) is 10.3. The van der Waals surface area contributed by atoms with Crippen LogP contribution in [0.15, 0.2) is 72.7 Å². The van der Waals surface area contributed by atoms with Crippen LogP contribution in [0.3, 0.4) is 0 Å². The Kier molecular flexibility index (Phi) is 5.28. The molecule has 27 heavy (non-hydrogen) atoms. The van der Waals surface area contributed by atoms with Crippen LogP contribution in [0.1, 0.15) is 38.8 Å². The van der Waals surface area contributed by atoms with E-state index in [2.05, 4.69) is 108 Å². The van der Waals surface area contributed by atoms with Crippen LogP contribution in [0.2, 0.25) is 13.1 Å². The Morgan fingerprint density at radius 2 is 1.30 bits per heavy atom. The van der Waals surface area contributed by atoms with E-state index in [9.17, 15) is 0 Å². The van der Waals surface area contributed by atoms with Crippen LogP contribution in [0.4, 0.5) is 0 Å². The zero-order valence-electron chi connectivity index (χ0n) is 17.5. The first kappa shape index (κ1) is 20.1. The molecule has 3 rings (SSSR count). The summed E-state index contributed by atoms with van der Waals surface area (Å²) in [6.45, 7) is 17.7. The summed E-state index contributed by atoms with van der Waals surface area (Å²) in [6, 6.07) is 21.5. The largest absolute Gasteiger partial charge is 0.490 e. The second-order valence-electron chi connectivity index (χ2n) is 9.09. The molecule has 2 aromatic rings. The van der Waals surface area contributed by atoms with Crippen LogP contribution in [0, 0.1) is 0 Å². The first-order valence-corrected chi connectivity index (χ1v) is 12.8. The summed E-state index contributed by atoms with van der Waals surface area (Å²) in [5, 5.41) is 1.41.